The molecule has 0 saturated heterocycles. The molecule has 1 amide bonds. The maximum absolute atomic E-state index is 14.9. The van der Waals surface area contributed by atoms with Gasteiger partial charge in [-0.15, -0.1) is 0 Å². The summed E-state index contributed by atoms with van der Waals surface area (Å²) in [5.41, 5.74) is 3.33. The maximum Gasteiger partial charge on any atom is 0.283 e. The number of aromatic nitrogens is 2. The summed E-state index contributed by atoms with van der Waals surface area (Å²) in [5.74, 6) is -1.66. The van der Waals surface area contributed by atoms with Crippen molar-refractivity contribution in [1.29, 1.82) is 0 Å². The molecule has 1 aliphatic rings. The number of carbonyl (C=O) groups is 1. The number of anilines is 1. The Morgan fingerprint density at radius 2 is 2.10 bits per heavy atom. The number of hydrogen-bond acceptors (Lipinski definition) is 7. The minimum Gasteiger partial charge on any atom is -0.456 e. The van der Waals surface area contributed by atoms with Crippen LogP contribution in [0.1, 0.15) is 23.0 Å². The molecule has 0 bridgehead atoms. The highest BCUT2D eigenvalue weighted by Gasteiger charge is 2.48. The van der Waals surface area contributed by atoms with Crippen LogP contribution in [0.3, 0.4) is 0 Å². The number of nitrogens with zero attached hydrogens (tertiary/aromatic N) is 3. The highest BCUT2D eigenvalue weighted by Crippen LogP contribution is 2.39. The van der Waals surface area contributed by atoms with E-state index >= 15 is 0 Å². The fourth-order valence-corrected chi connectivity index (χ4v) is 2.96. The minimum atomic E-state index is -2.04. The summed E-state index contributed by atoms with van der Waals surface area (Å²) in [6, 6.07) is 2.91. The van der Waals surface area contributed by atoms with E-state index in [0.717, 1.165) is 24.5 Å². The summed E-state index contributed by atoms with van der Waals surface area (Å²) in [6.07, 6.45) is -1.48. The molecule has 1 aliphatic heterocycles. The first-order valence-corrected chi connectivity index (χ1v) is 8.62. The molecule has 160 valence electrons. The molecule has 0 spiro atoms. The van der Waals surface area contributed by atoms with Gasteiger partial charge in [0.15, 0.2) is 12.3 Å². The first-order chi connectivity index (χ1) is 14.3. The van der Waals surface area contributed by atoms with Crippen LogP contribution < -0.4 is 15.8 Å². The average molecular weight is 427 g/mol. The molecule has 30 heavy (non-hydrogen) atoms. The van der Waals surface area contributed by atoms with E-state index in [1.165, 1.54) is 13.0 Å². The summed E-state index contributed by atoms with van der Waals surface area (Å²) in [5, 5.41) is 2.45. The van der Waals surface area contributed by atoms with Crippen LogP contribution in [-0.4, -0.2) is 47.7 Å². The third kappa shape index (κ3) is 4.11. The topological polar surface area (TPSA) is 112 Å². The lowest BCUT2D eigenvalue weighted by atomic mass is 9.84. The Kier molecular flexibility index (Phi) is 6.04. The second kappa shape index (κ2) is 8.51. The fraction of sp³-hybridized carbons (Fsp3) is 0.333. The molecule has 2 aromatic rings. The Morgan fingerprint density at radius 3 is 2.73 bits per heavy atom. The zero-order valence-corrected chi connectivity index (χ0v) is 15.6. The van der Waals surface area contributed by atoms with Gasteiger partial charge < -0.3 is 20.5 Å². The fourth-order valence-electron chi connectivity index (χ4n) is 2.96. The van der Waals surface area contributed by atoms with E-state index in [9.17, 15) is 22.4 Å². The van der Waals surface area contributed by atoms with E-state index in [1.54, 1.807) is 0 Å². The third-order valence-corrected chi connectivity index (χ3v) is 4.46. The van der Waals surface area contributed by atoms with E-state index in [2.05, 4.69) is 25.0 Å². The molecule has 0 aliphatic carbocycles. The van der Waals surface area contributed by atoms with Crippen molar-refractivity contribution >= 4 is 17.6 Å². The van der Waals surface area contributed by atoms with Crippen molar-refractivity contribution in [3.63, 3.8) is 0 Å². The first-order valence-electron chi connectivity index (χ1n) is 8.62. The zero-order valence-electron chi connectivity index (χ0n) is 15.6. The van der Waals surface area contributed by atoms with Crippen LogP contribution in [0.2, 0.25) is 0 Å². The van der Waals surface area contributed by atoms with Gasteiger partial charge in [-0.05, 0) is 25.1 Å². The Hall–Kier alpha value is -3.44. The van der Waals surface area contributed by atoms with E-state index in [1.807, 2.05) is 0 Å². The monoisotopic (exact) mass is 427 g/mol. The summed E-state index contributed by atoms with van der Waals surface area (Å²) in [7, 11) is 0. The van der Waals surface area contributed by atoms with E-state index in [-0.39, 0.29) is 22.8 Å². The number of benzene rings is 1. The van der Waals surface area contributed by atoms with Gasteiger partial charge in [0, 0.05) is 11.3 Å². The number of halogens is 4. The van der Waals surface area contributed by atoms with Gasteiger partial charge in [0.05, 0.1) is 12.4 Å². The van der Waals surface area contributed by atoms with Crippen molar-refractivity contribution in [3.8, 4) is 5.88 Å². The molecule has 0 fully saturated rings. The smallest absolute Gasteiger partial charge is 0.283 e. The molecule has 3 rings (SSSR count). The SMILES string of the molecule is C[C@]1(c2cc(NC(=O)c3cnc(OCF)cn3)ccc2F)N=C(N)O[C@@H](CF)[C@@H]1F. The quantitative estimate of drug-likeness (QED) is 0.685. The van der Waals surface area contributed by atoms with Gasteiger partial charge in [0.2, 0.25) is 12.7 Å². The number of ether oxygens (including phenoxy) is 2. The molecule has 0 radical (unpaired) electrons. The van der Waals surface area contributed by atoms with Crippen LogP contribution >= 0.6 is 0 Å². The van der Waals surface area contributed by atoms with Gasteiger partial charge >= 0.3 is 0 Å². The van der Waals surface area contributed by atoms with Gasteiger partial charge in [-0.25, -0.2) is 32.5 Å². The molecule has 8 nitrogen and oxygen atoms in total. The highest BCUT2D eigenvalue weighted by atomic mass is 19.1. The van der Waals surface area contributed by atoms with Crippen LogP contribution in [0, 0.1) is 5.82 Å². The van der Waals surface area contributed by atoms with Crippen molar-refractivity contribution < 1.29 is 31.8 Å². The Bertz CT molecular complexity index is 959. The third-order valence-electron chi connectivity index (χ3n) is 4.46. The second-order valence-electron chi connectivity index (χ2n) is 6.45. The van der Waals surface area contributed by atoms with E-state index in [4.69, 9.17) is 10.5 Å². The van der Waals surface area contributed by atoms with Gasteiger partial charge in [-0.3, -0.25) is 4.79 Å². The average Bonchev–Trinajstić information content (AvgIpc) is 2.72. The summed E-state index contributed by atoms with van der Waals surface area (Å²) in [4.78, 5) is 23.7. The van der Waals surface area contributed by atoms with Crippen molar-refractivity contribution in [3.05, 3.63) is 47.7 Å². The van der Waals surface area contributed by atoms with Crippen LogP contribution in [0.25, 0.3) is 0 Å². The molecule has 12 heteroatoms. The van der Waals surface area contributed by atoms with Gasteiger partial charge in [-0.1, -0.05) is 0 Å². The molecular formula is C18H17F4N5O3. The maximum atomic E-state index is 14.9. The zero-order chi connectivity index (χ0) is 21.9. The largest absolute Gasteiger partial charge is 0.456 e. The van der Waals surface area contributed by atoms with Crippen molar-refractivity contribution in [2.75, 3.05) is 18.9 Å². The van der Waals surface area contributed by atoms with Gasteiger partial charge in [0.1, 0.15) is 23.7 Å². The predicted octanol–water partition coefficient (Wildman–Crippen LogP) is 2.41. The number of hydrogen-bond donors (Lipinski definition) is 2. The molecule has 3 N–H and O–H groups in total. The number of amides is 1. The lowest BCUT2D eigenvalue weighted by Gasteiger charge is -2.37. The summed E-state index contributed by atoms with van der Waals surface area (Å²) >= 11 is 0. The number of amidine groups is 1. The molecule has 1 aromatic carbocycles. The minimum absolute atomic E-state index is 0.0905. The number of rotatable bonds is 6. The molecule has 0 unspecified atom stereocenters. The van der Waals surface area contributed by atoms with Gasteiger partial charge in [0.25, 0.3) is 11.9 Å². The normalized spacial score (nSPS) is 23.3. The van der Waals surface area contributed by atoms with Crippen LogP contribution in [-0.2, 0) is 10.3 Å². The Morgan fingerprint density at radius 1 is 1.33 bits per heavy atom. The highest BCUT2D eigenvalue weighted by molar-refractivity contribution is 6.02. The molecule has 2 heterocycles. The first kappa shape index (κ1) is 21.3. The van der Waals surface area contributed by atoms with E-state index < -0.39 is 49.1 Å². The lowest BCUT2D eigenvalue weighted by molar-refractivity contribution is 0.00453. The Labute approximate surface area is 168 Å². The summed E-state index contributed by atoms with van der Waals surface area (Å²) < 4.78 is 63.9. The van der Waals surface area contributed by atoms with Crippen LogP contribution in [0.15, 0.2) is 35.6 Å². The molecule has 0 saturated carbocycles. The number of nitrogens with two attached hydrogens (primary N) is 1. The standard InChI is InChI=1S/C18H17F4N5O3/c1-18(15(22)13(5-19)30-17(23)27-18)10-4-9(2-3-11(10)21)26-16(28)12-6-25-14(7-24-12)29-8-20/h2-4,6-7,13,15H,5,8H2,1H3,(H2,23,27)(H,26,28)/t13-,15-,18+/m0/s1. The summed E-state index contributed by atoms with van der Waals surface area (Å²) in [6.45, 7) is -1.05. The molecule has 1 aromatic heterocycles. The van der Waals surface area contributed by atoms with Crippen LogP contribution in [0.4, 0.5) is 23.2 Å². The predicted molar refractivity (Wildman–Crippen MR) is 97.7 cm³/mol. The van der Waals surface area contributed by atoms with Crippen molar-refractivity contribution in [2.45, 2.75) is 24.7 Å². The van der Waals surface area contributed by atoms with Crippen molar-refractivity contribution in [1.82, 2.24) is 9.97 Å². The molecular weight excluding hydrogens is 410 g/mol. The van der Waals surface area contributed by atoms with Crippen LogP contribution in [0.5, 0.6) is 5.88 Å². The Balaban J connectivity index is 1.88. The number of alkyl halides is 3. The number of carbonyl (C=O) groups excluding carboxylic acids is 1. The lowest BCUT2D eigenvalue weighted by Crippen LogP contribution is -2.50. The van der Waals surface area contributed by atoms with E-state index in [0.29, 0.717) is 0 Å². The number of aliphatic imine (C=N–C) groups is 1. The van der Waals surface area contributed by atoms with Gasteiger partial charge in [-0.2, -0.15) is 0 Å². The second-order valence-corrected chi connectivity index (χ2v) is 6.45. The molecule has 3 atom stereocenters. The number of nitrogens with one attached hydrogen (secondary N) is 1. The van der Waals surface area contributed by atoms with Crippen molar-refractivity contribution in [2.24, 2.45) is 10.7 Å².